The van der Waals surface area contributed by atoms with E-state index in [0.29, 0.717) is 38.4 Å². The summed E-state index contributed by atoms with van der Waals surface area (Å²) < 4.78 is 4.88. The third-order valence-electron chi connectivity index (χ3n) is 3.56. The van der Waals surface area contributed by atoms with Gasteiger partial charge >= 0.3 is 5.97 Å². The molecule has 0 aromatic rings. The first-order valence-electron chi connectivity index (χ1n) is 8.01. The third-order valence-corrected chi connectivity index (χ3v) is 3.56. The van der Waals surface area contributed by atoms with Crippen molar-refractivity contribution in [2.45, 2.75) is 45.6 Å². The molecule has 0 spiro atoms. The zero-order valence-corrected chi connectivity index (χ0v) is 13.9. The van der Waals surface area contributed by atoms with Gasteiger partial charge in [0, 0.05) is 45.6 Å². The van der Waals surface area contributed by atoms with Gasteiger partial charge in [-0.1, -0.05) is 6.92 Å². The van der Waals surface area contributed by atoms with E-state index in [9.17, 15) is 9.59 Å². The summed E-state index contributed by atoms with van der Waals surface area (Å²) in [6.45, 7) is 6.27. The number of amides is 1. The predicted octanol–water partition coefficient (Wildman–Crippen LogP) is 0.506. The highest BCUT2D eigenvalue weighted by Gasteiger charge is 2.25. The average molecular weight is 312 g/mol. The highest BCUT2D eigenvalue weighted by atomic mass is 16.5. The topological polar surface area (TPSA) is 83.0 Å². The van der Waals surface area contributed by atoms with Crippen molar-refractivity contribution in [1.29, 1.82) is 0 Å². The van der Waals surface area contributed by atoms with Gasteiger partial charge in [0.15, 0.2) is 5.96 Å². The van der Waals surface area contributed by atoms with Crippen LogP contribution >= 0.6 is 0 Å². The van der Waals surface area contributed by atoms with E-state index in [1.54, 1.807) is 14.0 Å². The van der Waals surface area contributed by atoms with Crippen LogP contribution in [0.15, 0.2) is 4.99 Å². The first-order valence-corrected chi connectivity index (χ1v) is 8.01. The third kappa shape index (κ3) is 6.32. The molecule has 0 aliphatic carbocycles. The van der Waals surface area contributed by atoms with E-state index < -0.39 is 0 Å². The minimum absolute atomic E-state index is 0.170. The van der Waals surface area contributed by atoms with Crippen LogP contribution in [0.5, 0.6) is 0 Å². The van der Waals surface area contributed by atoms with Crippen molar-refractivity contribution in [3.05, 3.63) is 0 Å². The highest BCUT2D eigenvalue weighted by Crippen LogP contribution is 2.10. The van der Waals surface area contributed by atoms with E-state index in [4.69, 9.17) is 4.74 Å². The summed E-state index contributed by atoms with van der Waals surface area (Å²) >= 11 is 0. The molecule has 7 heteroatoms. The van der Waals surface area contributed by atoms with E-state index in [1.165, 1.54) is 0 Å². The normalized spacial score (nSPS) is 18.2. The van der Waals surface area contributed by atoms with Crippen LogP contribution in [0.2, 0.25) is 0 Å². The lowest BCUT2D eigenvalue weighted by Crippen LogP contribution is -2.45. The van der Waals surface area contributed by atoms with Crippen LogP contribution in [0.4, 0.5) is 0 Å². The van der Waals surface area contributed by atoms with Crippen molar-refractivity contribution >= 4 is 17.8 Å². The van der Waals surface area contributed by atoms with E-state index >= 15 is 0 Å². The molecule has 22 heavy (non-hydrogen) atoms. The minimum Gasteiger partial charge on any atom is -0.466 e. The molecule has 1 amide bonds. The number of esters is 1. The van der Waals surface area contributed by atoms with Gasteiger partial charge in [-0.15, -0.1) is 0 Å². The maximum Gasteiger partial charge on any atom is 0.305 e. The minimum atomic E-state index is -0.170. The molecule has 1 unspecified atom stereocenters. The molecule has 1 saturated heterocycles. The van der Waals surface area contributed by atoms with Gasteiger partial charge in [0.2, 0.25) is 5.91 Å². The second kappa shape index (κ2) is 10.0. The molecule has 1 heterocycles. The molecular formula is C15H28N4O3. The number of carbonyl (C=O) groups is 2. The molecule has 7 nitrogen and oxygen atoms in total. The second-order valence-corrected chi connectivity index (χ2v) is 5.23. The maximum absolute atomic E-state index is 11.7. The van der Waals surface area contributed by atoms with Crippen LogP contribution in [0.1, 0.15) is 39.5 Å². The number of guanidine groups is 1. The number of nitrogens with zero attached hydrogens (tertiary/aromatic N) is 2. The van der Waals surface area contributed by atoms with Crippen LogP contribution < -0.4 is 10.6 Å². The number of aliphatic imine (C=N–C) groups is 1. The summed E-state index contributed by atoms with van der Waals surface area (Å²) in [5.41, 5.74) is 0. The van der Waals surface area contributed by atoms with E-state index in [-0.39, 0.29) is 17.9 Å². The van der Waals surface area contributed by atoms with E-state index in [2.05, 4.69) is 15.6 Å². The summed E-state index contributed by atoms with van der Waals surface area (Å²) in [4.78, 5) is 28.9. The first-order chi connectivity index (χ1) is 10.6. The van der Waals surface area contributed by atoms with E-state index in [1.807, 2.05) is 11.8 Å². The highest BCUT2D eigenvalue weighted by molar-refractivity contribution is 5.80. The molecule has 126 valence electrons. The number of nitrogens with one attached hydrogen (secondary N) is 2. The van der Waals surface area contributed by atoms with E-state index in [0.717, 1.165) is 19.5 Å². The van der Waals surface area contributed by atoms with Crippen LogP contribution in [0, 0.1) is 0 Å². The molecule has 1 aliphatic heterocycles. The average Bonchev–Trinajstić information content (AvgIpc) is 2.98. The Bertz CT molecular complexity index is 398. The summed E-state index contributed by atoms with van der Waals surface area (Å²) in [7, 11) is 1.71. The summed E-state index contributed by atoms with van der Waals surface area (Å²) in [6.07, 6.45) is 2.58. The predicted molar refractivity (Wildman–Crippen MR) is 85.6 cm³/mol. The van der Waals surface area contributed by atoms with Gasteiger partial charge in [-0.3, -0.25) is 14.6 Å². The van der Waals surface area contributed by atoms with Gasteiger partial charge in [-0.25, -0.2) is 0 Å². The molecule has 0 bridgehead atoms. The Kier molecular flexibility index (Phi) is 8.32. The number of carbonyl (C=O) groups excluding carboxylic acids is 2. The standard InChI is InChI=1S/C15H28N4O3/c1-4-13(20)19-10-8-12(11-19)18-15(16-3)17-9-6-7-14(21)22-5-2/h12H,4-11H2,1-3H3,(H2,16,17,18). The molecular weight excluding hydrogens is 284 g/mol. The zero-order chi connectivity index (χ0) is 16.4. The molecule has 1 atom stereocenters. The van der Waals surface area contributed by atoms with Gasteiger partial charge < -0.3 is 20.3 Å². The van der Waals surface area contributed by atoms with Crippen molar-refractivity contribution in [1.82, 2.24) is 15.5 Å². The van der Waals surface area contributed by atoms with Crippen LogP contribution in [-0.4, -0.2) is 62.1 Å². The summed E-state index contributed by atoms with van der Waals surface area (Å²) in [6, 6.07) is 0.228. The summed E-state index contributed by atoms with van der Waals surface area (Å²) in [5.74, 6) is 0.734. The number of hydrogen-bond donors (Lipinski definition) is 2. The number of rotatable bonds is 7. The van der Waals surface area contributed by atoms with Crippen LogP contribution in [0.3, 0.4) is 0 Å². The molecule has 2 N–H and O–H groups in total. The largest absolute Gasteiger partial charge is 0.466 e. The van der Waals surface area contributed by atoms with Gasteiger partial charge in [0.05, 0.1) is 6.61 Å². The molecule has 0 aromatic heterocycles. The molecule has 1 rings (SSSR count). The van der Waals surface area contributed by atoms with Crippen molar-refractivity contribution in [2.24, 2.45) is 4.99 Å². The van der Waals surface area contributed by atoms with Crippen molar-refractivity contribution in [2.75, 3.05) is 33.3 Å². The fourth-order valence-corrected chi connectivity index (χ4v) is 2.39. The number of likely N-dealkylation sites (tertiary alicyclic amines) is 1. The van der Waals surface area contributed by atoms with Gasteiger partial charge in [0.25, 0.3) is 0 Å². The molecule has 0 saturated carbocycles. The van der Waals surface area contributed by atoms with Crippen molar-refractivity contribution in [3.8, 4) is 0 Å². The van der Waals surface area contributed by atoms with Crippen LogP contribution in [-0.2, 0) is 14.3 Å². The zero-order valence-electron chi connectivity index (χ0n) is 13.9. The smallest absolute Gasteiger partial charge is 0.305 e. The maximum atomic E-state index is 11.7. The van der Waals surface area contributed by atoms with Gasteiger partial charge in [0.1, 0.15) is 0 Å². The lowest BCUT2D eigenvalue weighted by Gasteiger charge is -2.18. The van der Waals surface area contributed by atoms with Crippen molar-refractivity contribution < 1.29 is 14.3 Å². The Labute approximate surface area is 132 Å². The summed E-state index contributed by atoms with van der Waals surface area (Å²) in [5, 5.41) is 6.50. The molecule has 0 radical (unpaired) electrons. The lowest BCUT2D eigenvalue weighted by atomic mass is 10.2. The Morgan fingerprint density at radius 2 is 2.14 bits per heavy atom. The fourth-order valence-electron chi connectivity index (χ4n) is 2.39. The molecule has 1 fully saturated rings. The Morgan fingerprint density at radius 1 is 1.36 bits per heavy atom. The number of ether oxygens (including phenoxy) is 1. The first kappa shape index (κ1) is 18.3. The Morgan fingerprint density at radius 3 is 2.77 bits per heavy atom. The van der Waals surface area contributed by atoms with Crippen molar-refractivity contribution in [3.63, 3.8) is 0 Å². The SMILES string of the molecule is CCOC(=O)CCCNC(=NC)NC1CCN(C(=O)CC)C1. The monoisotopic (exact) mass is 312 g/mol. The molecule has 0 aromatic carbocycles. The van der Waals surface area contributed by atoms with Gasteiger partial charge in [-0.05, 0) is 19.8 Å². The quantitative estimate of drug-likeness (QED) is 0.310. The Balaban J connectivity index is 2.23. The van der Waals surface area contributed by atoms with Gasteiger partial charge in [-0.2, -0.15) is 0 Å². The fraction of sp³-hybridized carbons (Fsp3) is 0.800. The van der Waals surface area contributed by atoms with Crippen LogP contribution in [0.25, 0.3) is 0 Å². The lowest BCUT2D eigenvalue weighted by molar-refractivity contribution is -0.143. The Hall–Kier alpha value is -1.79. The molecule has 1 aliphatic rings. The second-order valence-electron chi connectivity index (χ2n) is 5.23. The number of hydrogen-bond acceptors (Lipinski definition) is 4.